The first-order valence-corrected chi connectivity index (χ1v) is 10.2. The van der Waals surface area contributed by atoms with E-state index >= 15 is 0 Å². The van der Waals surface area contributed by atoms with Crippen LogP contribution in [0.2, 0.25) is 0 Å². The SMILES string of the molecule is CCC1CCCCN1C(=O)/C=C/c1c(-c2ccccc2)nn2cccc(C)c12. The number of amides is 1. The van der Waals surface area contributed by atoms with Crippen LogP contribution in [-0.2, 0) is 4.79 Å². The van der Waals surface area contributed by atoms with Crippen LogP contribution in [0.5, 0.6) is 0 Å². The van der Waals surface area contributed by atoms with Crippen molar-refractivity contribution < 1.29 is 4.79 Å². The molecular weight excluding hydrogens is 346 g/mol. The summed E-state index contributed by atoms with van der Waals surface area (Å²) >= 11 is 0. The van der Waals surface area contributed by atoms with E-state index in [1.807, 2.05) is 46.0 Å². The maximum Gasteiger partial charge on any atom is 0.246 e. The number of aromatic nitrogens is 2. The van der Waals surface area contributed by atoms with Gasteiger partial charge in [-0.05, 0) is 50.3 Å². The molecule has 3 aromatic rings. The second-order valence-electron chi connectivity index (χ2n) is 7.54. The van der Waals surface area contributed by atoms with Gasteiger partial charge in [0.25, 0.3) is 0 Å². The number of rotatable bonds is 4. The quantitative estimate of drug-likeness (QED) is 0.596. The maximum atomic E-state index is 12.9. The molecule has 0 aliphatic carbocycles. The highest BCUT2D eigenvalue weighted by Crippen LogP contribution is 2.29. The number of fused-ring (bicyclic) bond motifs is 1. The number of pyridine rings is 1. The normalized spacial score (nSPS) is 17.5. The monoisotopic (exact) mass is 373 g/mol. The van der Waals surface area contributed by atoms with Crippen LogP contribution < -0.4 is 0 Å². The summed E-state index contributed by atoms with van der Waals surface area (Å²) in [6.45, 7) is 5.12. The van der Waals surface area contributed by atoms with Gasteiger partial charge in [-0.1, -0.05) is 43.3 Å². The molecule has 2 aromatic heterocycles. The van der Waals surface area contributed by atoms with Crippen LogP contribution in [0, 0.1) is 6.92 Å². The van der Waals surface area contributed by atoms with Gasteiger partial charge in [-0.15, -0.1) is 0 Å². The fourth-order valence-corrected chi connectivity index (χ4v) is 4.23. The van der Waals surface area contributed by atoms with Crippen molar-refractivity contribution in [2.24, 2.45) is 0 Å². The molecule has 1 fully saturated rings. The lowest BCUT2D eigenvalue weighted by Gasteiger charge is -2.34. The molecule has 4 rings (SSSR count). The lowest BCUT2D eigenvalue weighted by molar-refractivity contribution is -0.129. The molecule has 1 aliphatic heterocycles. The molecule has 1 amide bonds. The van der Waals surface area contributed by atoms with Gasteiger partial charge in [-0.2, -0.15) is 5.10 Å². The molecule has 0 saturated carbocycles. The first-order chi connectivity index (χ1) is 13.7. The summed E-state index contributed by atoms with van der Waals surface area (Å²) in [5.74, 6) is 0.110. The van der Waals surface area contributed by atoms with Crippen LogP contribution in [0.15, 0.2) is 54.7 Å². The van der Waals surface area contributed by atoms with Crippen LogP contribution in [0.3, 0.4) is 0 Å². The van der Waals surface area contributed by atoms with Crippen molar-refractivity contribution in [3.05, 3.63) is 65.9 Å². The number of nitrogens with zero attached hydrogens (tertiary/aromatic N) is 3. The van der Waals surface area contributed by atoms with E-state index in [1.54, 1.807) is 6.08 Å². The van der Waals surface area contributed by atoms with E-state index in [0.717, 1.165) is 53.7 Å². The third-order valence-electron chi connectivity index (χ3n) is 5.72. The number of carbonyl (C=O) groups is 1. The van der Waals surface area contributed by atoms with Crippen LogP contribution >= 0.6 is 0 Å². The number of likely N-dealkylation sites (tertiary alicyclic amines) is 1. The van der Waals surface area contributed by atoms with Gasteiger partial charge in [-0.25, -0.2) is 4.52 Å². The standard InChI is InChI=1S/C24H27N3O/c1-3-20-13-7-8-16-26(20)22(28)15-14-21-23(19-11-5-4-6-12-19)25-27-17-9-10-18(2)24(21)27/h4-6,9-12,14-15,17,20H,3,7-8,13,16H2,1-2H3/b15-14+. The molecule has 4 heteroatoms. The maximum absolute atomic E-state index is 12.9. The molecule has 1 unspecified atom stereocenters. The summed E-state index contributed by atoms with van der Waals surface area (Å²) in [4.78, 5) is 15.0. The number of piperidine rings is 1. The van der Waals surface area contributed by atoms with E-state index in [2.05, 4.69) is 32.0 Å². The summed E-state index contributed by atoms with van der Waals surface area (Å²) in [6.07, 6.45) is 10.1. The fourth-order valence-electron chi connectivity index (χ4n) is 4.23. The minimum absolute atomic E-state index is 0.110. The van der Waals surface area contributed by atoms with Crippen molar-refractivity contribution in [3.8, 4) is 11.3 Å². The van der Waals surface area contributed by atoms with Gasteiger partial charge in [-0.3, -0.25) is 4.79 Å². The Morgan fingerprint density at radius 1 is 1.18 bits per heavy atom. The summed E-state index contributed by atoms with van der Waals surface area (Å²) < 4.78 is 1.91. The molecule has 3 heterocycles. The minimum Gasteiger partial charge on any atom is -0.336 e. The van der Waals surface area contributed by atoms with Gasteiger partial charge in [0.2, 0.25) is 5.91 Å². The van der Waals surface area contributed by atoms with E-state index in [9.17, 15) is 4.79 Å². The largest absolute Gasteiger partial charge is 0.336 e. The molecular formula is C24H27N3O. The molecule has 1 aromatic carbocycles. The van der Waals surface area contributed by atoms with Crippen molar-refractivity contribution >= 4 is 17.5 Å². The molecule has 4 nitrogen and oxygen atoms in total. The fraction of sp³-hybridized carbons (Fsp3) is 0.333. The summed E-state index contributed by atoms with van der Waals surface area (Å²) in [5.41, 5.74) is 5.17. The average Bonchev–Trinajstić information content (AvgIpc) is 3.12. The Hall–Kier alpha value is -2.88. The van der Waals surface area contributed by atoms with Crippen molar-refractivity contribution in [2.75, 3.05) is 6.54 Å². The molecule has 0 N–H and O–H groups in total. The second kappa shape index (κ2) is 8.01. The average molecular weight is 374 g/mol. The van der Waals surface area contributed by atoms with E-state index in [0.29, 0.717) is 6.04 Å². The van der Waals surface area contributed by atoms with Crippen LogP contribution in [0.4, 0.5) is 0 Å². The molecule has 0 bridgehead atoms. The first kappa shape index (κ1) is 18.5. The summed E-state index contributed by atoms with van der Waals surface area (Å²) in [5, 5.41) is 4.81. The third kappa shape index (κ3) is 3.47. The minimum atomic E-state index is 0.110. The molecule has 28 heavy (non-hydrogen) atoms. The number of hydrogen-bond acceptors (Lipinski definition) is 2. The zero-order valence-electron chi connectivity index (χ0n) is 16.6. The van der Waals surface area contributed by atoms with Gasteiger partial charge in [0, 0.05) is 36.0 Å². The molecule has 144 valence electrons. The highest BCUT2D eigenvalue weighted by atomic mass is 16.2. The lowest BCUT2D eigenvalue weighted by Crippen LogP contribution is -2.42. The van der Waals surface area contributed by atoms with Crippen molar-refractivity contribution in [1.29, 1.82) is 0 Å². The highest BCUT2D eigenvalue weighted by molar-refractivity contribution is 5.95. The Bertz CT molecular complexity index is 1000. The van der Waals surface area contributed by atoms with Gasteiger partial charge in [0.1, 0.15) is 5.69 Å². The number of hydrogen-bond donors (Lipinski definition) is 0. The Morgan fingerprint density at radius 3 is 2.79 bits per heavy atom. The zero-order chi connectivity index (χ0) is 19.5. The molecule has 1 atom stereocenters. The topological polar surface area (TPSA) is 37.6 Å². The van der Waals surface area contributed by atoms with E-state index in [-0.39, 0.29) is 5.91 Å². The van der Waals surface area contributed by atoms with Crippen molar-refractivity contribution in [3.63, 3.8) is 0 Å². The van der Waals surface area contributed by atoms with Gasteiger partial charge in [0.15, 0.2) is 0 Å². The molecule has 0 spiro atoms. The second-order valence-corrected chi connectivity index (χ2v) is 7.54. The predicted molar refractivity (Wildman–Crippen MR) is 114 cm³/mol. The number of benzene rings is 1. The number of carbonyl (C=O) groups excluding carboxylic acids is 1. The predicted octanol–water partition coefficient (Wildman–Crippen LogP) is 5.11. The van der Waals surface area contributed by atoms with E-state index in [1.165, 1.54) is 6.42 Å². The lowest BCUT2D eigenvalue weighted by atomic mass is 9.99. The zero-order valence-corrected chi connectivity index (χ0v) is 16.6. The van der Waals surface area contributed by atoms with Crippen molar-refractivity contribution in [2.45, 2.75) is 45.6 Å². The van der Waals surface area contributed by atoms with Crippen LogP contribution in [0.25, 0.3) is 22.9 Å². The Kier molecular flexibility index (Phi) is 5.29. The molecule has 1 saturated heterocycles. The van der Waals surface area contributed by atoms with Gasteiger partial charge in [0.05, 0.1) is 5.52 Å². The Morgan fingerprint density at radius 2 is 2.00 bits per heavy atom. The van der Waals surface area contributed by atoms with Crippen molar-refractivity contribution in [1.82, 2.24) is 14.5 Å². The Labute approximate surface area is 166 Å². The Balaban J connectivity index is 1.75. The van der Waals surface area contributed by atoms with Gasteiger partial charge >= 0.3 is 0 Å². The summed E-state index contributed by atoms with van der Waals surface area (Å²) in [7, 11) is 0. The van der Waals surface area contributed by atoms with E-state index < -0.39 is 0 Å². The molecule has 0 radical (unpaired) electrons. The highest BCUT2D eigenvalue weighted by Gasteiger charge is 2.24. The van der Waals surface area contributed by atoms with Crippen LogP contribution in [0.1, 0.15) is 43.7 Å². The van der Waals surface area contributed by atoms with Crippen LogP contribution in [-0.4, -0.2) is 33.0 Å². The smallest absolute Gasteiger partial charge is 0.246 e. The first-order valence-electron chi connectivity index (χ1n) is 10.2. The van der Waals surface area contributed by atoms with E-state index in [4.69, 9.17) is 5.10 Å². The molecule has 1 aliphatic rings. The van der Waals surface area contributed by atoms with Gasteiger partial charge < -0.3 is 4.90 Å². The third-order valence-corrected chi connectivity index (χ3v) is 5.72. The number of aryl methyl sites for hydroxylation is 1. The summed E-state index contributed by atoms with van der Waals surface area (Å²) in [6, 6.07) is 14.6.